The largest absolute Gasteiger partial charge is 0.318 e. The Labute approximate surface area is 67.5 Å². The first-order valence-corrected chi connectivity index (χ1v) is 3.62. The molecule has 1 unspecified atom stereocenters. The second-order valence-corrected chi connectivity index (χ2v) is 2.81. The first-order valence-electron chi connectivity index (χ1n) is 3.10. The van der Waals surface area contributed by atoms with Crippen LogP contribution in [0.4, 0.5) is 0 Å². The van der Waals surface area contributed by atoms with Gasteiger partial charge >= 0.3 is 0 Å². The highest BCUT2D eigenvalue weighted by atomic mass is 31.0. The Balaban J connectivity index is 2.95. The summed E-state index contributed by atoms with van der Waals surface area (Å²) in [6, 6.07) is 0. The smallest absolute Gasteiger partial charge is 0.145 e. The molecule has 2 aromatic rings. The van der Waals surface area contributed by atoms with E-state index in [2.05, 4.69) is 19.4 Å². The highest BCUT2D eigenvalue weighted by molar-refractivity contribution is 7.15. The minimum absolute atomic E-state index is 0.704. The van der Waals surface area contributed by atoms with Crippen LogP contribution in [0.15, 0.2) is 18.7 Å². The molecule has 0 amide bonds. The van der Waals surface area contributed by atoms with Gasteiger partial charge in [-0.15, -0.1) is 0 Å². The van der Waals surface area contributed by atoms with E-state index in [-0.39, 0.29) is 0 Å². The third-order valence-corrected chi connectivity index (χ3v) is 1.92. The maximum absolute atomic E-state index is 5.66. The molecule has 2 rings (SSSR count). The van der Waals surface area contributed by atoms with Crippen LogP contribution in [0.3, 0.4) is 0 Å². The fourth-order valence-corrected chi connectivity index (χ4v) is 1.38. The summed E-state index contributed by atoms with van der Waals surface area (Å²) < 4.78 is 1.80. The Kier molecular flexibility index (Phi) is 1.43. The lowest BCUT2D eigenvalue weighted by Gasteiger charge is -1.90. The van der Waals surface area contributed by atoms with Crippen molar-refractivity contribution in [2.75, 3.05) is 0 Å². The van der Waals surface area contributed by atoms with Gasteiger partial charge in [0.05, 0.1) is 0 Å². The molecule has 0 aliphatic carbocycles. The van der Waals surface area contributed by atoms with Crippen molar-refractivity contribution >= 4 is 33.7 Å². The van der Waals surface area contributed by atoms with Crippen molar-refractivity contribution < 1.29 is 0 Å². The third kappa shape index (κ3) is 0.943. The summed E-state index contributed by atoms with van der Waals surface area (Å²) in [7, 11) is 8.17. The van der Waals surface area contributed by atoms with Gasteiger partial charge < -0.3 is 4.34 Å². The SMILES string of the molecule is [B]c1cn(P)c2ncncc12. The van der Waals surface area contributed by atoms with Crippen LogP contribution in [-0.2, 0) is 0 Å². The van der Waals surface area contributed by atoms with E-state index >= 15 is 0 Å². The zero-order valence-corrected chi connectivity index (χ0v) is 6.88. The number of fused-ring (bicyclic) bond motifs is 1. The van der Waals surface area contributed by atoms with Gasteiger partial charge in [0.2, 0.25) is 0 Å². The predicted octanol–water partition coefficient (Wildman–Crippen LogP) is -0.137. The molecule has 1 atom stereocenters. The van der Waals surface area contributed by atoms with Crippen molar-refractivity contribution in [2.24, 2.45) is 0 Å². The van der Waals surface area contributed by atoms with Crippen molar-refractivity contribution in [1.29, 1.82) is 0 Å². The van der Waals surface area contributed by atoms with Gasteiger partial charge in [-0.2, -0.15) is 0 Å². The van der Waals surface area contributed by atoms with E-state index in [1.54, 1.807) is 16.7 Å². The van der Waals surface area contributed by atoms with Crippen molar-refractivity contribution in [3.63, 3.8) is 0 Å². The molecule has 0 saturated heterocycles. The van der Waals surface area contributed by atoms with Crippen molar-refractivity contribution in [3.05, 3.63) is 18.7 Å². The fraction of sp³-hybridized carbons (Fsp3) is 0. The Morgan fingerprint density at radius 3 is 3.09 bits per heavy atom. The van der Waals surface area contributed by atoms with E-state index in [9.17, 15) is 0 Å². The molecule has 5 heteroatoms. The van der Waals surface area contributed by atoms with Crippen LogP contribution >= 0.6 is 9.39 Å². The van der Waals surface area contributed by atoms with E-state index in [0.717, 1.165) is 11.0 Å². The normalized spacial score (nSPS) is 10.6. The summed E-state index contributed by atoms with van der Waals surface area (Å²) in [6.45, 7) is 0. The summed E-state index contributed by atoms with van der Waals surface area (Å²) in [5, 5.41) is 0.891. The minimum atomic E-state index is 0.704. The van der Waals surface area contributed by atoms with Gasteiger partial charge in [-0.05, 0) is 9.39 Å². The van der Waals surface area contributed by atoms with Gasteiger partial charge in [-0.25, -0.2) is 9.97 Å². The lowest BCUT2D eigenvalue weighted by atomic mass is 9.98. The molecule has 11 heavy (non-hydrogen) atoms. The lowest BCUT2D eigenvalue weighted by molar-refractivity contribution is 1.18. The van der Waals surface area contributed by atoms with E-state index in [1.807, 2.05) is 0 Å². The Morgan fingerprint density at radius 2 is 2.36 bits per heavy atom. The van der Waals surface area contributed by atoms with Crippen LogP contribution in [0.25, 0.3) is 11.0 Å². The topological polar surface area (TPSA) is 30.7 Å². The highest BCUT2D eigenvalue weighted by Gasteiger charge is 2.01. The van der Waals surface area contributed by atoms with Crippen LogP contribution in [0.5, 0.6) is 0 Å². The number of aromatic nitrogens is 3. The van der Waals surface area contributed by atoms with E-state index in [1.165, 1.54) is 6.33 Å². The summed E-state index contributed by atoms with van der Waals surface area (Å²) in [5.41, 5.74) is 1.54. The highest BCUT2D eigenvalue weighted by Crippen LogP contribution is 2.09. The average Bonchev–Trinajstić information content (AvgIpc) is 2.30. The molecule has 0 fully saturated rings. The number of hydrogen-bond acceptors (Lipinski definition) is 2. The van der Waals surface area contributed by atoms with Crippen molar-refractivity contribution in [3.8, 4) is 0 Å². The molecule has 2 heterocycles. The van der Waals surface area contributed by atoms with Crippen molar-refractivity contribution in [1.82, 2.24) is 14.3 Å². The van der Waals surface area contributed by atoms with Gasteiger partial charge in [0.15, 0.2) is 0 Å². The molecule has 2 radical (unpaired) electrons. The summed E-state index contributed by atoms with van der Waals surface area (Å²) >= 11 is 0. The summed E-state index contributed by atoms with van der Waals surface area (Å²) in [5.74, 6) is 0. The molecule has 0 bridgehead atoms. The number of hydrogen-bond donors (Lipinski definition) is 0. The quantitative estimate of drug-likeness (QED) is 0.397. The zero-order chi connectivity index (χ0) is 7.84. The second kappa shape index (κ2) is 2.31. The summed E-state index contributed by atoms with van der Waals surface area (Å²) in [4.78, 5) is 7.93. The maximum atomic E-state index is 5.66. The van der Waals surface area contributed by atoms with Crippen LogP contribution in [0.1, 0.15) is 0 Å². The van der Waals surface area contributed by atoms with Crippen LogP contribution in [0, 0.1) is 0 Å². The second-order valence-electron chi connectivity index (χ2n) is 2.25. The van der Waals surface area contributed by atoms with Crippen LogP contribution in [0.2, 0.25) is 0 Å². The van der Waals surface area contributed by atoms with Gasteiger partial charge in [-0.3, -0.25) is 0 Å². The fourth-order valence-electron chi connectivity index (χ4n) is 1.01. The molecule has 0 N–H and O–H groups in total. The Hall–Kier alpha value is -0.885. The minimum Gasteiger partial charge on any atom is -0.318 e. The first kappa shape index (κ1) is 6.80. The number of nitrogens with zero attached hydrogens (tertiary/aromatic N) is 3. The van der Waals surface area contributed by atoms with E-state index in [0.29, 0.717) is 5.46 Å². The first-order chi connectivity index (χ1) is 5.29. The molecule has 52 valence electrons. The van der Waals surface area contributed by atoms with Gasteiger partial charge in [-0.1, -0.05) is 5.46 Å². The predicted molar refractivity (Wildman–Crippen MR) is 48.0 cm³/mol. The molecule has 2 aromatic heterocycles. The monoisotopic (exact) mass is 161 g/mol. The molecule has 0 aliphatic heterocycles. The molecule has 0 aromatic carbocycles. The van der Waals surface area contributed by atoms with E-state index < -0.39 is 0 Å². The molecule has 0 spiro atoms. The lowest BCUT2D eigenvalue weighted by Crippen LogP contribution is -1.97. The zero-order valence-electron chi connectivity index (χ0n) is 5.73. The van der Waals surface area contributed by atoms with Crippen molar-refractivity contribution in [2.45, 2.75) is 0 Å². The molecular weight excluding hydrogens is 156 g/mol. The summed E-state index contributed by atoms with van der Waals surface area (Å²) in [6.07, 6.45) is 5.00. The van der Waals surface area contributed by atoms with Gasteiger partial charge in [0.25, 0.3) is 0 Å². The third-order valence-electron chi connectivity index (χ3n) is 1.52. The molecule has 0 saturated carbocycles. The van der Waals surface area contributed by atoms with Gasteiger partial charge in [0.1, 0.15) is 19.8 Å². The molecular formula is C6H5BN3P. The van der Waals surface area contributed by atoms with Gasteiger partial charge in [0, 0.05) is 17.8 Å². The average molecular weight is 161 g/mol. The van der Waals surface area contributed by atoms with Crippen LogP contribution in [-0.4, -0.2) is 22.2 Å². The Morgan fingerprint density at radius 1 is 1.55 bits per heavy atom. The maximum Gasteiger partial charge on any atom is 0.145 e. The standard InChI is InChI=1S/C6H5BN3P/c7-5-2-10(11)6-4(5)1-8-3-9-6/h1-3H,11H2. The number of rotatable bonds is 0. The van der Waals surface area contributed by atoms with E-state index in [4.69, 9.17) is 7.85 Å². The molecule has 0 aliphatic rings. The van der Waals surface area contributed by atoms with Crippen LogP contribution < -0.4 is 5.46 Å². The molecule has 3 nitrogen and oxygen atoms in total. The Bertz CT molecular complexity index is 362.